The number of fused-ring (bicyclic) bond motifs is 1. The molecule has 0 saturated heterocycles. The predicted molar refractivity (Wildman–Crippen MR) is 98.7 cm³/mol. The molecule has 26 heavy (non-hydrogen) atoms. The van der Waals surface area contributed by atoms with Gasteiger partial charge in [0.1, 0.15) is 6.54 Å². The van der Waals surface area contributed by atoms with Crippen molar-refractivity contribution >= 4 is 12.0 Å². The number of nitrogens with zero attached hydrogens (tertiary/aromatic N) is 3. The lowest BCUT2D eigenvalue weighted by molar-refractivity contribution is -0.135. The highest BCUT2D eigenvalue weighted by Crippen LogP contribution is 2.32. The summed E-state index contributed by atoms with van der Waals surface area (Å²) in [6.45, 7) is 5.11. The molecule has 6 heteroatoms. The molecule has 0 radical (unpaired) electrons. The summed E-state index contributed by atoms with van der Waals surface area (Å²) in [5.74, 6) is -0.0783. The molecule has 1 aliphatic heterocycles. The fourth-order valence-electron chi connectivity index (χ4n) is 3.45. The average Bonchev–Trinajstić information content (AvgIpc) is 3.13. The molecule has 138 valence electrons. The highest BCUT2D eigenvalue weighted by atomic mass is 16.5. The zero-order chi connectivity index (χ0) is 18.7. The number of aromatic nitrogens is 1. The number of hydrogen-bond acceptors (Lipinski definition) is 3. The molecule has 6 nitrogen and oxygen atoms in total. The van der Waals surface area contributed by atoms with Gasteiger partial charge >= 0.3 is 6.09 Å². The molecule has 1 atom stereocenters. The topological polar surface area (TPSA) is 54.8 Å². The molecule has 0 bridgehead atoms. The number of carbonyl (C=O) groups excluding carboxylic acids is 2. The van der Waals surface area contributed by atoms with Crippen molar-refractivity contribution in [3.05, 3.63) is 59.9 Å². The Morgan fingerprint density at radius 3 is 2.54 bits per heavy atom. The monoisotopic (exact) mass is 355 g/mol. The summed E-state index contributed by atoms with van der Waals surface area (Å²) >= 11 is 0. The summed E-state index contributed by atoms with van der Waals surface area (Å²) in [7, 11) is 1.34. The van der Waals surface area contributed by atoms with Crippen molar-refractivity contribution in [3.8, 4) is 0 Å². The van der Waals surface area contributed by atoms with Crippen LogP contribution in [0.2, 0.25) is 0 Å². The van der Waals surface area contributed by atoms with Crippen LogP contribution in [-0.4, -0.2) is 52.6 Å². The Kier molecular flexibility index (Phi) is 5.30. The van der Waals surface area contributed by atoms with E-state index in [1.165, 1.54) is 12.0 Å². The van der Waals surface area contributed by atoms with Crippen molar-refractivity contribution in [3.63, 3.8) is 0 Å². The molecule has 0 spiro atoms. The van der Waals surface area contributed by atoms with Crippen LogP contribution in [0.25, 0.3) is 0 Å². The third kappa shape index (κ3) is 3.45. The molecule has 2 aromatic rings. The minimum atomic E-state index is -0.481. The zero-order valence-electron chi connectivity index (χ0n) is 15.5. The fraction of sp³-hybridized carbons (Fsp3) is 0.400. The first-order valence-corrected chi connectivity index (χ1v) is 8.87. The lowest BCUT2D eigenvalue weighted by Crippen LogP contribution is -2.49. The van der Waals surface area contributed by atoms with Crippen LogP contribution in [0.1, 0.15) is 31.1 Å². The van der Waals surface area contributed by atoms with Crippen LogP contribution >= 0.6 is 0 Å². The van der Waals surface area contributed by atoms with E-state index in [1.807, 2.05) is 61.3 Å². The number of rotatable bonds is 4. The highest BCUT2D eigenvalue weighted by molar-refractivity contribution is 5.83. The summed E-state index contributed by atoms with van der Waals surface area (Å²) in [5, 5.41) is 0. The number of ether oxygens (including phenoxy) is 1. The third-order valence-electron chi connectivity index (χ3n) is 4.81. The van der Waals surface area contributed by atoms with Crippen LogP contribution in [0.3, 0.4) is 0 Å². The van der Waals surface area contributed by atoms with Crippen LogP contribution < -0.4 is 0 Å². The van der Waals surface area contributed by atoms with Gasteiger partial charge in [0.2, 0.25) is 5.91 Å². The number of amides is 2. The normalized spacial score (nSPS) is 16.3. The van der Waals surface area contributed by atoms with E-state index in [0.717, 1.165) is 17.8 Å². The van der Waals surface area contributed by atoms with Gasteiger partial charge in [0, 0.05) is 31.0 Å². The number of benzene rings is 1. The fourth-order valence-corrected chi connectivity index (χ4v) is 3.45. The number of hydrogen-bond donors (Lipinski definition) is 0. The van der Waals surface area contributed by atoms with Crippen molar-refractivity contribution in [1.82, 2.24) is 14.4 Å². The number of carbonyl (C=O) groups is 2. The number of methoxy groups -OCH3 is 1. The largest absolute Gasteiger partial charge is 0.453 e. The highest BCUT2D eigenvalue weighted by Gasteiger charge is 2.33. The average molecular weight is 355 g/mol. The van der Waals surface area contributed by atoms with E-state index in [-0.39, 0.29) is 24.5 Å². The van der Waals surface area contributed by atoms with Gasteiger partial charge in [0.25, 0.3) is 0 Å². The molecule has 0 N–H and O–H groups in total. The van der Waals surface area contributed by atoms with E-state index in [2.05, 4.69) is 10.6 Å². The standard InChI is InChI=1S/C20H25N3O3/c1-15(2)23(20(25)26-3)14-18(24)22-13-12-21-11-7-10-17(21)19(22)16-8-5-4-6-9-16/h4-11,15,19H,12-14H2,1-3H3/t19-/m0/s1. The maximum absolute atomic E-state index is 13.1. The minimum Gasteiger partial charge on any atom is -0.453 e. The van der Waals surface area contributed by atoms with Crippen LogP contribution in [0, 0.1) is 0 Å². The smallest absolute Gasteiger partial charge is 0.410 e. The van der Waals surface area contributed by atoms with E-state index in [0.29, 0.717) is 6.54 Å². The molecular weight excluding hydrogens is 330 g/mol. The Balaban J connectivity index is 1.90. The van der Waals surface area contributed by atoms with Crippen LogP contribution in [0.5, 0.6) is 0 Å². The first kappa shape index (κ1) is 18.0. The van der Waals surface area contributed by atoms with Crippen molar-refractivity contribution < 1.29 is 14.3 Å². The lowest BCUT2D eigenvalue weighted by atomic mass is 10.00. The van der Waals surface area contributed by atoms with E-state index in [4.69, 9.17) is 4.74 Å². The van der Waals surface area contributed by atoms with Gasteiger partial charge in [-0.3, -0.25) is 9.69 Å². The third-order valence-corrected chi connectivity index (χ3v) is 4.81. The molecule has 1 aromatic heterocycles. The molecular formula is C20H25N3O3. The molecule has 0 unspecified atom stereocenters. The summed E-state index contributed by atoms with van der Waals surface area (Å²) in [6.07, 6.45) is 1.56. The van der Waals surface area contributed by atoms with Gasteiger partial charge in [-0.1, -0.05) is 30.3 Å². The zero-order valence-corrected chi connectivity index (χ0v) is 15.5. The van der Waals surface area contributed by atoms with Crippen molar-refractivity contribution in [2.45, 2.75) is 32.5 Å². The van der Waals surface area contributed by atoms with Crippen molar-refractivity contribution in [2.24, 2.45) is 0 Å². The van der Waals surface area contributed by atoms with Crippen LogP contribution in [0.4, 0.5) is 4.79 Å². The van der Waals surface area contributed by atoms with E-state index in [1.54, 1.807) is 0 Å². The maximum Gasteiger partial charge on any atom is 0.410 e. The van der Waals surface area contributed by atoms with E-state index in [9.17, 15) is 9.59 Å². The summed E-state index contributed by atoms with van der Waals surface area (Å²) in [6, 6.07) is 13.8. The molecule has 2 heterocycles. The van der Waals surface area contributed by atoms with E-state index < -0.39 is 6.09 Å². The van der Waals surface area contributed by atoms with Gasteiger partial charge in [-0.05, 0) is 31.5 Å². The van der Waals surface area contributed by atoms with Crippen LogP contribution in [0.15, 0.2) is 48.7 Å². The van der Waals surface area contributed by atoms with Gasteiger partial charge < -0.3 is 14.2 Å². The Morgan fingerprint density at radius 2 is 1.88 bits per heavy atom. The quantitative estimate of drug-likeness (QED) is 0.847. The van der Waals surface area contributed by atoms with Gasteiger partial charge in [-0.15, -0.1) is 0 Å². The second-order valence-electron chi connectivity index (χ2n) is 6.72. The first-order chi connectivity index (χ1) is 12.5. The maximum atomic E-state index is 13.1. The molecule has 1 aliphatic rings. The molecule has 1 aromatic carbocycles. The van der Waals surface area contributed by atoms with E-state index >= 15 is 0 Å². The summed E-state index contributed by atoms with van der Waals surface area (Å²) in [4.78, 5) is 28.4. The summed E-state index contributed by atoms with van der Waals surface area (Å²) < 4.78 is 7.01. The van der Waals surface area contributed by atoms with Crippen molar-refractivity contribution in [2.75, 3.05) is 20.2 Å². The van der Waals surface area contributed by atoms with Gasteiger partial charge in [0.05, 0.1) is 13.2 Å². The first-order valence-electron chi connectivity index (χ1n) is 8.87. The predicted octanol–water partition coefficient (Wildman–Crippen LogP) is 2.90. The van der Waals surface area contributed by atoms with Crippen molar-refractivity contribution in [1.29, 1.82) is 0 Å². The lowest BCUT2D eigenvalue weighted by Gasteiger charge is -2.38. The Bertz CT molecular complexity index is 770. The Labute approximate surface area is 154 Å². The Morgan fingerprint density at radius 1 is 1.15 bits per heavy atom. The molecule has 2 amide bonds. The second-order valence-corrected chi connectivity index (χ2v) is 6.72. The molecule has 0 saturated carbocycles. The summed E-state index contributed by atoms with van der Waals surface area (Å²) in [5.41, 5.74) is 2.15. The van der Waals surface area contributed by atoms with Gasteiger partial charge in [-0.25, -0.2) is 4.79 Å². The van der Waals surface area contributed by atoms with Gasteiger partial charge in [-0.2, -0.15) is 0 Å². The van der Waals surface area contributed by atoms with Crippen LogP contribution in [-0.2, 0) is 16.1 Å². The second kappa shape index (κ2) is 7.64. The minimum absolute atomic E-state index is 0.00832. The van der Waals surface area contributed by atoms with Gasteiger partial charge in [0.15, 0.2) is 0 Å². The molecule has 0 fully saturated rings. The SMILES string of the molecule is COC(=O)N(CC(=O)N1CCn2cccc2[C@@H]1c1ccccc1)C(C)C. The Hall–Kier alpha value is -2.76. The molecule has 0 aliphatic carbocycles. The molecule has 3 rings (SSSR count).